The summed E-state index contributed by atoms with van der Waals surface area (Å²) in [6, 6.07) is 19.8. The zero-order valence-corrected chi connectivity index (χ0v) is 15.1. The molecule has 7 nitrogen and oxygen atoms in total. The Kier molecular flexibility index (Phi) is 3.04. The van der Waals surface area contributed by atoms with Crippen LogP contribution >= 0.6 is 0 Å². The molecule has 142 valence electrons. The van der Waals surface area contributed by atoms with Crippen LogP contribution in [0.1, 0.15) is 15.9 Å². The molecule has 0 bridgehead atoms. The molecule has 0 unspecified atom stereocenters. The third-order valence-electron chi connectivity index (χ3n) is 5.52. The van der Waals surface area contributed by atoms with Gasteiger partial charge in [0.1, 0.15) is 0 Å². The van der Waals surface area contributed by atoms with Crippen molar-refractivity contribution in [1.29, 1.82) is 0 Å². The van der Waals surface area contributed by atoms with E-state index in [4.69, 9.17) is 9.47 Å². The first kappa shape index (κ1) is 16.0. The van der Waals surface area contributed by atoms with Crippen LogP contribution < -0.4 is 25.0 Å². The summed E-state index contributed by atoms with van der Waals surface area (Å²) in [5, 5.41) is 6.26. The molecule has 2 amide bonds. The minimum Gasteiger partial charge on any atom is -0.454 e. The van der Waals surface area contributed by atoms with E-state index < -0.39 is 5.66 Å². The number of fused-ring (bicyclic) bond motifs is 4. The van der Waals surface area contributed by atoms with Crippen molar-refractivity contribution in [2.24, 2.45) is 0 Å². The predicted molar refractivity (Wildman–Crippen MR) is 106 cm³/mol. The number of nitrogens with zero attached hydrogens (tertiary/aromatic N) is 1. The molecule has 1 spiro atoms. The van der Waals surface area contributed by atoms with Crippen molar-refractivity contribution in [3.8, 4) is 11.5 Å². The van der Waals surface area contributed by atoms with Gasteiger partial charge in [0.15, 0.2) is 11.5 Å². The summed E-state index contributed by atoms with van der Waals surface area (Å²) in [6.07, 6.45) is 0. The fourth-order valence-electron chi connectivity index (χ4n) is 4.23. The highest BCUT2D eigenvalue weighted by atomic mass is 16.7. The number of ether oxygens (including phenoxy) is 2. The minimum absolute atomic E-state index is 0.127. The number of carbonyl (C=O) groups excluding carboxylic acids is 2. The fourth-order valence-corrected chi connectivity index (χ4v) is 4.23. The lowest BCUT2D eigenvalue weighted by Gasteiger charge is -2.44. The zero-order chi connectivity index (χ0) is 19.6. The smallest absolute Gasteiger partial charge is 0.276 e. The average Bonchev–Trinajstić information content (AvgIpc) is 3.31. The number of para-hydroxylation sites is 2. The Morgan fingerprint density at radius 1 is 0.862 bits per heavy atom. The Morgan fingerprint density at radius 3 is 2.52 bits per heavy atom. The van der Waals surface area contributed by atoms with Gasteiger partial charge in [-0.3, -0.25) is 14.5 Å². The number of amides is 2. The second-order valence-corrected chi connectivity index (χ2v) is 7.06. The van der Waals surface area contributed by atoms with E-state index in [9.17, 15) is 9.59 Å². The molecule has 3 aromatic carbocycles. The lowest BCUT2D eigenvalue weighted by molar-refractivity contribution is -0.119. The molecule has 0 fully saturated rings. The molecule has 3 aromatic rings. The Balaban J connectivity index is 1.63. The van der Waals surface area contributed by atoms with Crippen molar-refractivity contribution in [3.63, 3.8) is 0 Å². The monoisotopic (exact) mass is 385 g/mol. The maximum Gasteiger partial charge on any atom is 0.276 e. The molecule has 2 N–H and O–H groups in total. The number of anilines is 3. The van der Waals surface area contributed by atoms with Gasteiger partial charge < -0.3 is 20.1 Å². The van der Waals surface area contributed by atoms with Crippen LogP contribution in [0.15, 0.2) is 66.7 Å². The fraction of sp³-hybridized carbons (Fsp3) is 0.0909. The van der Waals surface area contributed by atoms with E-state index >= 15 is 0 Å². The molecule has 3 aliphatic heterocycles. The van der Waals surface area contributed by atoms with Gasteiger partial charge in [-0.2, -0.15) is 0 Å². The summed E-state index contributed by atoms with van der Waals surface area (Å²) in [5.41, 5.74) is 1.59. The molecule has 3 heterocycles. The second-order valence-electron chi connectivity index (χ2n) is 7.06. The molecule has 1 atom stereocenters. The van der Waals surface area contributed by atoms with Crippen molar-refractivity contribution in [2.75, 3.05) is 22.3 Å². The second kappa shape index (κ2) is 5.51. The van der Waals surface area contributed by atoms with Crippen LogP contribution in [-0.4, -0.2) is 18.6 Å². The first-order chi connectivity index (χ1) is 14.2. The van der Waals surface area contributed by atoms with Crippen molar-refractivity contribution in [3.05, 3.63) is 77.9 Å². The molecule has 0 saturated carbocycles. The van der Waals surface area contributed by atoms with E-state index in [1.54, 1.807) is 36.4 Å². The first-order valence-electron chi connectivity index (χ1n) is 9.21. The van der Waals surface area contributed by atoms with Crippen molar-refractivity contribution in [1.82, 2.24) is 0 Å². The van der Waals surface area contributed by atoms with Crippen LogP contribution in [-0.2, 0) is 10.5 Å². The quantitative estimate of drug-likeness (QED) is 0.672. The average molecular weight is 385 g/mol. The molecular formula is C22H15N3O4. The van der Waals surface area contributed by atoms with Gasteiger partial charge in [-0.15, -0.1) is 0 Å². The van der Waals surface area contributed by atoms with Crippen molar-refractivity contribution >= 4 is 28.9 Å². The number of hydrogen-bond acceptors (Lipinski definition) is 5. The summed E-state index contributed by atoms with van der Waals surface area (Å²) >= 11 is 0. The largest absolute Gasteiger partial charge is 0.454 e. The summed E-state index contributed by atoms with van der Waals surface area (Å²) in [7, 11) is 0. The summed E-state index contributed by atoms with van der Waals surface area (Å²) in [6.45, 7) is 0.127. The third kappa shape index (κ3) is 2.01. The summed E-state index contributed by atoms with van der Waals surface area (Å²) in [4.78, 5) is 28.5. The van der Waals surface area contributed by atoms with E-state index in [2.05, 4.69) is 10.6 Å². The lowest BCUT2D eigenvalue weighted by Crippen LogP contribution is -2.61. The molecular weight excluding hydrogens is 370 g/mol. The topological polar surface area (TPSA) is 79.9 Å². The van der Waals surface area contributed by atoms with Crippen LogP contribution in [0.4, 0.5) is 17.1 Å². The zero-order valence-electron chi connectivity index (χ0n) is 15.1. The summed E-state index contributed by atoms with van der Waals surface area (Å²) < 4.78 is 10.9. The normalized spacial score (nSPS) is 20.9. The standard InChI is InChI=1S/C22H15N3O4/c26-20-14-5-1-3-7-16(14)24-22(15-6-2-4-8-17(15)23-21(22)27)25(20)13-9-10-18-19(11-13)29-12-28-18/h1-11,24H,12H2,(H,23,27)/t22-/m1/s1. The first-order valence-corrected chi connectivity index (χ1v) is 9.21. The molecule has 6 rings (SSSR count). The van der Waals surface area contributed by atoms with Crippen LogP contribution in [0.3, 0.4) is 0 Å². The highest BCUT2D eigenvalue weighted by molar-refractivity contribution is 6.22. The molecule has 0 aromatic heterocycles. The molecule has 29 heavy (non-hydrogen) atoms. The van der Waals surface area contributed by atoms with Gasteiger partial charge in [0.25, 0.3) is 11.8 Å². The maximum atomic E-state index is 13.7. The number of rotatable bonds is 1. The van der Waals surface area contributed by atoms with Gasteiger partial charge in [-0.1, -0.05) is 30.3 Å². The number of hydrogen-bond donors (Lipinski definition) is 2. The van der Waals surface area contributed by atoms with Crippen LogP contribution in [0.25, 0.3) is 0 Å². The molecule has 0 radical (unpaired) electrons. The van der Waals surface area contributed by atoms with Gasteiger partial charge in [0, 0.05) is 23.0 Å². The predicted octanol–water partition coefficient (Wildman–Crippen LogP) is 3.29. The van der Waals surface area contributed by atoms with Gasteiger partial charge in [-0.25, -0.2) is 0 Å². The maximum absolute atomic E-state index is 13.7. The number of nitrogens with one attached hydrogen (secondary N) is 2. The van der Waals surface area contributed by atoms with E-state index in [1.165, 1.54) is 4.90 Å². The Hall–Kier alpha value is -4.00. The van der Waals surface area contributed by atoms with Gasteiger partial charge in [-0.05, 0) is 30.3 Å². The van der Waals surface area contributed by atoms with Gasteiger partial charge in [0.2, 0.25) is 12.5 Å². The van der Waals surface area contributed by atoms with E-state index in [-0.39, 0.29) is 18.6 Å². The number of benzene rings is 3. The highest BCUT2D eigenvalue weighted by Crippen LogP contribution is 2.48. The minimum atomic E-state index is -1.41. The van der Waals surface area contributed by atoms with E-state index in [0.29, 0.717) is 39.7 Å². The Bertz CT molecular complexity index is 1210. The SMILES string of the molecule is O=C1c2ccccc2N[C@@]2(C(=O)Nc3ccccc32)N1c1ccc2c(c1)OCO2. The van der Waals surface area contributed by atoms with Crippen LogP contribution in [0, 0.1) is 0 Å². The van der Waals surface area contributed by atoms with Crippen LogP contribution in [0.2, 0.25) is 0 Å². The van der Waals surface area contributed by atoms with Crippen molar-refractivity contribution in [2.45, 2.75) is 5.66 Å². The Morgan fingerprint density at radius 2 is 1.62 bits per heavy atom. The highest BCUT2D eigenvalue weighted by Gasteiger charge is 2.57. The van der Waals surface area contributed by atoms with Gasteiger partial charge in [0.05, 0.1) is 11.3 Å². The Labute approximate surface area is 165 Å². The van der Waals surface area contributed by atoms with E-state index in [1.807, 2.05) is 30.3 Å². The summed E-state index contributed by atoms with van der Waals surface area (Å²) in [5.74, 6) is 0.553. The molecule has 7 heteroatoms. The van der Waals surface area contributed by atoms with Crippen LogP contribution in [0.5, 0.6) is 11.5 Å². The lowest BCUT2D eigenvalue weighted by atomic mass is 9.92. The number of carbonyl (C=O) groups is 2. The van der Waals surface area contributed by atoms with Gasteiger partial charge >= 0.3 is 0 Å². The van der Waals surface area contributed by atoms with Crippen molar-refractivity contribution < 1.29 is 19.1 Å². The molecule has 0 saturated heterocycles. The third-order valence-corrected chi connectivity index (χ3v) is 5.52. The van der Waals surface area contributed by atoms with E-state index in [0.717, 1.165) is 0 Å². The molecule has 0 aliphatic carbocycles. The molecule has 3 aliphatic rings.